The fourth-order valence-electron chi connectivity index (χ4n) is 8.01. The van der Waals surface area contributed by atoms with Crippen molar-refractivity contribution in [1.29, 1.82) is 0 Å². The Morgan fingerprint density at radius 3 is 2.39 bits per heavy atom. The van der Waals surface area contributed by atoms with Crippen LogP contribution in [-0.2, 0) is 6.42 Å². The molecule has 9 rings (SSSR count). The first-order valence-corrected chi connectivity index (χ1v) is 15.3. The van der Waals surface area contributed by atoms with Crippen molar-refractivity contribution < 1.29 is 4.42 Å². The predicted octanol–water partition coefficient (Wildman–Crippen LogP) is 10.7. The van der Waals surface area contributed by atoms with Gasteiger partial charge in [-0.25, -0.2) is 0 Å². The molecule has 3 aromatic carbocycles. The number of furan rings is 1. The molecule has 1 heteroatoms. The van der Waals surface area contributed by atoms with Gasteiger partial charge in [0.15, 0.2) is 0 Å². The quantitative estimate of drug-likeness (QED) is 0.252. The highest BCUT2D eigenvalue weighted by Crippen LogP contribution is 2.52. The smallest absolute Gasteiger partial charge is 0.135 e. The van der Waals surface area contributed by atoms with Crippen LogP contribution in [0.25, 0.3) is 44.5 Å². The second-order valence-corrected chi connectivity index (χ2v) is 12.1. The molecule has 4 aromatic rings. The van der Waals surface area contributed by atoms with Gasteiger partial charge in [0, 0.05) is 22.8 Å². The molecule has 2 atom stereocenters. The van der Waals surface area contributed by atoms with Crippen LogP contribution in [0.1, 0.15) is 71.6 Å². The van der Waals surface area contributed by atoms with Crippen LogP contribution in [0.2, 0.25) is 0 Å². The van der Waals surface area contributed by atoms with Gasteiger partial charge in [0.1, 0.15) is 11.3 Å². The second-order valence-electron chi connectivity index (χ2n) is 12.1. The maximum Gasteiger partial charge on any atom is 0.135 e. The summed E-state index contributed by atoms with van der Waals surface area (Å²) >= 11 is 0. The lowest BCUT2D eigenvalue weighted by molar-refractivity contribution is 0.595. The van der Waals surface area contributed by atoms with E-state index in [1.165, 1.54) is 60.7 Å². The maximum absolute atomic E-state index is 6.13. The highest BCUT2D eigenvalue weighted by Gasteiger charge is 2.35. The Balaban J connectivity index is 1.17. The molecule has 0 amide bonds. The van der Waals surface area contributed by atoms with E-state index in [0.717, 1.165) is 49.9 Å². The van der Waals surface area contributed by atoms with Gasteiger partial charge in [-0.15, -0.1) is 0 Å². The summed E-state index contributed by atoms with van der Waals surface area (Å²) in [5.41, 5.74) is 14.1. The van der Waals surface area contributed by atoms with Gasteiger partial charge in [-0.05, 0) is 118 Å². The van der Waals surface area contributed by atoms with Crippen molar-refractivity contribution in [2.75, 3.05) is 0 Å². The first-order valence-electron chi connectivity index (χ1n) is 15.3. The summed E-state index contributed by atoms with van der Waals surface area (Å²) in [4.78, 5) is 0. The van der Waals surface area contributed by atoms with Gasteiger partial charge < -0.3 is 4.42 Å². The Labute approximate surface area is 241 Å². The van der Waals surface area contributed by atoms with Crippen molar-refractivity contribution in [3.8, 4) is 0 Å². The molecule has 0 saturated carbocycles. The number of fused-ring (bicyclic) bond motifs is 10. The first kappa shape index (κ1) is 23.4. The number of hydrogen-bond donors (Lipinski definition) is 0. The summed E-state index contributed by atoms with van der Waals surface area (Å²) in [7, 11) is 0. The lowest BCUT2D eigenvalue weighted by atomic mass is 9.66. The van der Waals surface area contributed by atoms with Crippen molar-refractivity contribution >= 4 is 44.5 Å². The Morgan fingerprint density at radius 1 is 0.683 bits per heavy atom. The molecule has 41 heavy (non-hydrogen) atoms. The standard InChI is InChI=1S/C40H32O/c1-2-11-30-28(9-1)29-10-3-5-14-33(29)40-34-15-6-4-12-31(34)35(24-37(30)40)26-19-17-25(18-20-26)27-21-22-39-36(23-27)32-13-7-8-16-38(32)41-39/h1-4,6,8-12,15-17,19,21-24,28,30H,5,7,13-14,18,20H2. The highest BCUT2D eigenvalue weighted by atomic mass is 16.3. The van der Waals surface area contributed by atoms with Crippen molar-refractivity contribution in [1.82, 2.24) is 0 Å². The van der Waals surface area contributed by atoms with Gasteiger partial charge in [0.05, 0.1) is 0 Å². The van der Waals surface area contributed by atoms with Crippen LogP contribution in [0.3, 0.4) is 0 Å². The third-order valence-corrected chi connectivity index (χ3v) is 9.96. The van der Waals surface area contributed by atoms with Crippen LogP contribution in [0.4, 0.5) is 0 Å². The van der Waals surface area contributed by atoms with E-state index >= 15 is 0 Å². The summed E-state index contributed by atoms with van der Waals surface area (Å²) in [5.74, 6) is 1.89. The molecule has 0 saturated heterocycles. The number of rotatable bonds is 2. The van der Waals surface area contributed by atoms with E-state index in [9.17, 15) is 0 Å². The molecule has 1 nitrogen and oxygen atoms in total. The van der Waals surface area contributed by atoms with Gasteiger partial charge in [-0.2, -0.15) is 0 Å². The molecular weight excluding hydrogens is 496 g/mol. The minimum atomic E-state index is 0.401. The minimum absolute atomic E-state index is 0.401. The first-order chi connectivity index (χ1) is 20.3. The van der Waals surface area contributed by atoms with E-state index in [1.807, 2.05) is 0 Å². The molecule has 0 aliphatic heterocycles. The summed E-state index contributed by atoms with van der Waals surface area (Å²) in [6, 6.07) is 18.5. The van der Waals surface area contributed by atoms with Crippen molar-refractivity contribution in [3.05, 3.63) is 142 Å². The zero-order valence-corrected chi connectivity index (χ0v) is 23.2. The lowest BCUT2D eigenvalue weighted by Crippen LogP contribution is -2.22. The number of benzene rings is 3. The molecule has 0 fully saturated rings. The second kappa shape index (κ2) is 9.08. The fourth-order valence-corrected chi connectivity index (χ4v) is 8.01. The van der Waals surface area contributed by atoms with Crippen LogP contribution in [0, 0.1) is 5.92 Å². The van der Waals surface area contributed by atoms with Gasteiger partial charge in [-0.3, -0.25) is 0 Å². The van der Waals surface area contributed by atoms with Gasteiger partial charge >= 0.3 is 0 Å². The molecule has 0 radical (unpaired) electrons. The molecule has 1 heterocycles. The van der Waals surface area contributed by atoms with E-state index in [4.69, 9.17) is 4.42 Å². The monoisotopic (exact) mass is 528 g/mol. The van der Waals surface area contributed by atoms with E-state index in [-0.39, 0.29) is 0 Å². The molecular formula is C40H32O. The SMILES string of the molecule is C1=CC2C3=C(CCC=C3)c3c(cc(C4=CC=C(c5ccc6oc7c(c6c5)CCC=C7)CC4)c4ccccc34)C2C=C1. The van der Waals surface area contributed by atoms with Gasteiger partial charge in [-0.1, -0.05) is 85.0 Å². The largest absolute Gasteiger partial charge is 0.456 e. The summed E-state index contributed by atoms with van der Waals surface area (Å²) in [6.45, 7) is 0. The van der Waals surface area contributed by atoms with Gasteiger partial charge in [0.2, 0.25) is 0 Å². The fraction of sp³-hybridized carbons (Fsp3) is 0.200. The van der Waals surface area contributed by atoms with Crippen LogP contribution < -0.4 is 0 Å². The Morgan fingerprint density at radius 2 is 1.49 bits per heavy atom. The molecule has 0 spiro atoms. The molecule has 1 aromatic heterocycles. The third kappa shape index (κ3) is 3.55. The zero-order valence-electron chi connectivity index (χ0n) is 23.2. The van der Waals surface area contributed by atoms with Crippen LogP contribution in [0.5, 0.6) is 0 Å². The highest BCUT2D eigenvalue weighted by molar-refractivity contribution is 6.04. The van der Waals surface area contributed by atoms with E-state index < -0.39 is 0 Å². The Bertz CT molecular complexity index is 1990. The average molecular weight is 529 g/mol. The van der Waals surface area contributed by atoms with Crippen molar-refractivity contribution in [2.24, 2.45) is 5.92 Å². The normalized spacial score (nSPS) is 22.3. The third-order valence-electron chi connectivity index (χ3n) is 9.96. The van der Waals surface area contributed by atoms with Crippen molar-refractivity contribution in [2.45, 2.75) is 44.4 Å². The van der Waals surface area contributed by atoms with Crippen LogP contribution in [0.15, 0.2) is 113 Å². The Kier molecular flexibility index (Phi) is 5.17. The molecule has 5 aliphatic rings. The maximum atomic E-state index is 6.13. The van der Waals surface area contributed by atoms with E-state index in [0.29, 0.717) is 11.8 Å². The van der Waals surface area contributed by atoms with Crippen LogP contribution in [-0.4, -0.2) is 0 Å². The molecule has 0 N–H and O–H groups in total. The van der Waals surface area contributed by atoms with Crippen LogP contribution >= 0.6 is 0 Å². The molecule has 2 unspecified atom stereocenters. The van der Waals surface area contributed by atoms with E-state index in [1.54, 1.807) is 5.57 Å². The lowest BCUT2D eigenvalue weighted by Gasteiger charge is -2.37. The average Bonchev–Trinajstić information content (AvgIpc) is 3.42. The zero-order chi connectivity index (χ0) is 26.9. The van der Waals surface area contributed by atoms with E-state index in [2.05, 4.69) is 109 Å². The number of allylic oxidation sites excluding steroid dienone is 13. The summed E-state index contributed by atoms with van der Waals surface area (Å²) in [6.07, 6.45) is 29.8. The summed E-state index contributed by atoms with van der Waals surface area (Å²) in [5, 5.41) is 4.10. The predicted molar refractivity (Wildman–Crippen MR) is 173 cm³/mol. The summed E-state index contributed by atoms with van der Waals surface area (Å²) < 4.78 is 6.13. The minimum Gasteiger partial charge on any atom is -0.456 e. The van der Waals surface area contributed by atoms with Crippen molar-refractivity contribution in [3.63, 3.8) is 0 Å². The Hall–Kier alpha value is -4.36. The molecule has 0 bridgehead atoms. The molecule has 5 aliphatic carbocycles. The number of aryl methyl sites for hydroxylation is 1. The topological polar surface area (TPSA) is 13.1 Å². The van der Waals surface area contributed by atoms with Gasteiger partial charge in [0.25, 0.3) is 0 Å². The molecule has 198 valence electrons. The number of hydrogen-bond acceptors (Lipinski definition) is 1.